The lowest BCUT2D eigenvalue weighted by atomic mass is 10.0. The molecule has 0 aliphatic rings. The number of anilines is 1. The van der Waals surface area contributed by atoms with Crippen LogP contribution < -0.4 is 11.1 Å². The van der Waals surface area contributed by atoms with Crippen LogP contribution in [0.15, 0.2) is 18.2 Å². The predicted molar refractivity (Wildman–Crippen MR) is 64.9 cm³/mol. The van der Waals surface area contributed by atoms with Crippen LogP contribution in [0, 0.1) is 5.82 Å². The first-order valence-corrected chi connectivity index (χ1v) is 5.30. The molecule has 5 nitrogen and oxygen atoms in total. The predicted octanol–water partition coefficient (Wildman–Crippen LogP) is 1.59. The van der Waals surface area contributed by atoms with E-state index in [0.717, 1.165) is 12.1 Å². The van der Waals surface area contributed by atoms with E-state index in [4.69, 9.17) is 10.8 Å². The van der Waals surface area contributed by atoms with E-state index in [9.17, 15) is 14.0 Å². The number of hydrogen-bond donors (Lipinski definition) is 3. The van der Waals surface area contributed by atoms with Crippen LogP contribution in [0.5, 0.6) is 0 Å². The van der Waals surface area contributed by atoms with E-state index in [-0.39, 0.29) is 18.0 Å². The van der Waals surface area contributed by atoms with Crippen molar-refractivity contribution in [1.29, 1.82) is 0 Å². The lowest BCUT2D eigenvalue weighted by Gasteiger charge is -2.17. The van der Waals surface area contributed by atoms with Gasteiger partial charge >= 0.3 is 5.97 Å². The molecule has 18 heavy (non-hydrogen) atoms. The molecule has 0 saturated carbocycles. The number of aromatic carboxylic acids is 1. The average molecular weight is 254 g/mol. The normalized spacial score (nSPS) is 11.1. The van der Waals surface area contributed by atoms with Crippen LogP contribution in [0.4, 0.5) is 10.1 Å². The minimum Gasteiger partial charge on any atom is -0.478 e. The van der Waals surface area contributed by atoms with Gasteiger partial charge in [0.15, 0.2) is 0 Å². The number of carbonyl (C=O) groups is 2. The van der Waals surface area contributed by atoms with E-state index in [2.05, 4.69) is 5.32 Å². The zero-order valence-electron chi connectivity index (χ0n) is 10.2. The van der Waals surface area contributed by atoms with Crippen molar-refractivity contribution in [2.45, 2.75) is 25.8 Å². The Labute approximate surface area is 104 Å². The highest BCUT2D eigenvalue weighted by Gasteiger charge is 2.17. The minimum absolute atomic E-state index is 0.0787. The molecule has 1 aromatic carbocycles. The second kappa shape index (κ2) is 5.14. The number of halogens is 1. The highest BCUT2D eigenvalue weighted by molar-refractivity contribution is 5.93. The maximum atomic E-state index is 13.3. The van der Waals surface area contributed by atoms with E-state index in [1.165, 1.54) is 6.07 Å². The second-order valence-electron chi connectivity index (χ2n) is 4.71. The first-order chi connectivity index (χ1) is 8.19. The number of carboxylic acid groups (broad SMARTS) is 1. The summed E-state index contributed by atoms with van der Waals surface area (Å²) in [7, 11) is 0. The molecular weight excluding hydrogens is 239 g/mol. The number of hydrogen-bond acceptors (Lipinski definition) is 3. The highest BCUT2D eigenvalue weighted by Crippen LogP contribution is 2.15. The third-order valence-electron chi connectivity index (χ3n) is 2.10. The molecule has 6 heteroatoms. The molecule has 0 aliphatic heterocycles. The van der Waals surface area contributed by atoms with Crippen LogP contribution in [0.1, 0.15) is 30.6 Å². The minimum atomic E-state index is -1.35. The molecule has 0 heterocycles. The van der Waals surface area contributed by atoms with Crippen LogP contribution in [0.3, 0.4) is 0 Å². The molecule has 98 valence electrons. The van der Waals surface area contributed by atoms with E-state index in [1.807, 2.05) is 0 Å². The number of benzene rings is 1. The molecule has 0 unspecified atom stereocenters. The van der Waals surface area contributed by atoms with Crippen molar-refractivity contribution < 1.29 is 19.1 Å². The summed E-state index contributed by atoms with van der Waals surface area (Å²) in [4.78, 5) is 22.1. The monoisotopic (exact) mass is 254 g/mol. The lowest BCUT2D eigenvalue weighted by Crippen LogP contribution is -2.36. The van der Waals surface area contributed by atoms with Crippen LogP contribution in [-0.2, 0) is 4.79 Å². The largest absolute Gasteiger partial charge is 0.478 e. The van der Waals surface area contributed by atoms with Crippen molar-refractivity contribution in [2.75, 3.05) is 5.32 Å². The summed E-state index contributed by atoms with van der Waals surface area (Å²) < 4.78 is 13.3. The summed E-state index contributed by atoms with van der Waals surface area (Å²) in [6.07, 6.45) is 0.0787. The van der Waals surface area contributed by atoms with Crippen LogP contribution >= 0.6 is 0 Å². The number of nitrogens with two attached hydrogens (primary N) is 1. The van der Waals surface area contributed by atoms with Gasteiger partial charge in [0.25, 0.3) is 0 Å². The Balaban J connectivity index is 2.78. The maximum absolute atomic E-state index is 13.3. The molecule has 0 spiro atoms. The summed E-state index contributed by atoms with van der Waals surface area (Å²) in [5.41, 5.74) is 4.77. The van der Waals surface area contributed by atoms with E-state index in [0.29, 0.717) is 0 Å². The zero-order chi connectivity index (χ0) is 13.9. The van der Waals surface area contributed by atoms with Gasteiger partial charge in [-0.05, 0) is 32.0 Å². The molecule has 1 rings (SSSR count). The third-order valence-corrected chi connectivity index (χ3v) is 2.10. The topological polar surface area (TPSA) is 92.4 Å². The van der Waals surface area contributed by atoms with E-state index >= 15 is 0 Å². The molecule has 1 amide bonds. The number of nitrogens with one attached hydrogen (secondary N) is 1. The molecule has 4 N–H and O–H groups in total. The van der Waals surface area contributed by atoms with Crippen molar-refractivity contribution in [2.24, 2.45) is 5.73 Å². The second-order valence-corrected chi connectivity index (χ2v) is 4.71. The van der Waals surface area contributed by atoms with Gasteiger partial charge in [-0.15, -0.1) is 0 Å². The summed E-state index contributed by atoms with van der Waals surface area (Å²) in [6.45, 7) is 3.39. The van der Waals surface area contributed by atoms with Gasteiger partial charge in [0.2, 0.25) is 5.91 Å². The summed E-state index contributed by atoms with van der Waals surface area (Å²) in [6, 6.07) is 3.39. The molecule has 0 fully saturated rings. The van der Waals surface area contributed by atoms with Gasteiger partial charge in [-0.25, -0.2) is 9.18 Å². The fourth-order valence-corrected chi connectivity index (χ4v) is 1.39. The van der Waals surface area contributed by atoms with Gasteiger partial charge in [0.05, 0.1) is 5.56 Å². The van der Waals surface area contributed by atoms with Crippen molar-refractivity contribution in [3.63, 3.8) is 0 Å². The SMILES string of the molecule is CC(C)(N)CC(=O)Nc1ccc(C(=O)O)c(F)c1. The number of rotatable bonds is 4. The van der Waals surface area contributed by atoms with Crippen LogP contribution in [0.25, 0.3) is 0 Å². The number of carbonyl (C=O) groups excluding carboxylic acids is 1. The third kappa shape index (κ3) is 4.14. The van der Waals surface area contributed by atoms with Crippen molar-refractivity contribution in [3.05, 3.63) is 29.6 Å². The molecule has 0 aromatic heterocycles. The van der Waals surface area contributed by atoms with Gasteiger partial charge in [-0.3, -0.25) is 4.79 Å². The quantitative estimate of drug-likeness (QED) is 0.760. The fourth-order valence-electron chi connectivity index (χ4n) is 1.39. The number of carboxylic acids is 1. The molecular formula is C12H15FN2O3. The molecule has 0 aliphatic carbocycles. The molecule has 1 aromatic rings. The molecule has 0 saturated heterocycles. The first-order valence-electron chi connectivity index (χ1n) is 5.30. The van der Waals surface area contributed by atoms with Crippen LogP contribution in [0.2, 0.25) is 0 Å². The Hall–Kier alpha value is -1.95. The average Bonchev–Trinajstić information content (AvgIpc) is 2.13. The van der Waals surface area contributed by atoms with E-state index < -0.39 is 22.9 Å². The van der Waals surface area contributed by atoms with Gasteiger partial charge in [-0.2, -0.15) is 0 Å². The van der Waals surface area contributed by atoms with Crippen molar-refractivity contribution >= 4 is 17.6 Å². The van der Waals surface area contributed by atoms with Gasteiger partial charge < -0.3 is 16.2 Å². The Morgan fingerprint density at radius 1 is 1.44 bits per heavy atom. The Morgan fingerprint density at radius 2 is 2.06 bits per heavy atom. The number of amides is 1. The van der Waals surface area contributed by atoms with Crippen molar-refractivity contribution in [3.8, 4) is 0 Å². The van der Waals surface area contributed by atoms with Gasteiger partial charge in [0.1, 0.15) is 5.82 Å². The lowest BCUT2D eigenvalue weighted by molar-refractivity contribution is -0.117. The summed E-state index contributed by atoms with van der Waals surface area (Å²) >= 11 is 0. The molecule has 0 radical (unpaired) electrons. The highest BCUT2D eigenvalue weighted by atomic mass is 19.1. The van der Waals surface area contributed by atoms with Crippen LogP contribution in [-0.4, -0.2) is 22.5 Å². The molecule has 0 bridgehead atoms. The Kier molecular flexibility index (Phi) is 4.03. The first kappa shape index (κ1) is 14.1. The summed E-state index contributed by atoms with van der Waals surface area (Å²) in [5.74, 6) is -2.61. The van der Waals surface area contributed by atoms with E-state index in [1.54, 1.807) is 13.8 Å². The Bertz CT molecular complexity index is 481. The van der Waals surface area contributed by atoms with Gasteiger partial charge in [0, 0.05) is 17.6 Å². The summed E-state index contributed by atoms with van der Waals surface area (Å²) in [5, 5.41) is 11.1. The maximum Gasteiger partial charge on any atom is 0.338 e. The zero-order valence-corrected chi connectivity index (χ0v) is 10.2. The standard InChI is InChI=1S/C12H15FN2O3/c1-12(2,14)6-10(16)15-7-3-4-8(11(17)18)9(13)5-7/h3-5H,6,14H2,1-2H3,(H,15,16)(H,17,18). The molecule has 0 atom stereocenters. The fraction of sp³-hybridized carbons (Fsp3) is 0.333. The van der Waals surface area contributed by atoms with Crippen molar-refractivity contribution in [1.82, 2.24) is 0 Å². The smallest absolute Gasteiger partial charge is 0.338 e. The van der Waals surface area contributed by atoms with Gasteiger partial charge in [-0.1, -0.05) is 0 Å². The Morgan fingerprint density at radius 3 is 2.50 bits per heavy atom.